The summed E-state index contributed by atoms with van der Waals surface area (Å²) >= 11 is 0. The average molecular weight is 261 g/mol. The second kappa shape index (κ2) is 6.02. The van der Waals surface area contributed by atoms with E-state index in [0.717, 1.165) is 37.6 Å². The Hall–Kier alpha value is -1.62. The Morgan fingerprint density at radius 1 is 1.32 bits per heavy atom. The SMILES string of the molecule is CCCNCc1c(C)nn(Cc2nccn2C)c1C. The highest BCUT2D eigenvalue weighted by Gasteiger charge is 2.12. The third kappa shape index (κ3) is 3.04. The molecule has 0 fully saturated rings. The zero-order valence-electron chi connectivity index (χ0n) is 12.3. The normalized spacial score (nSPS) is 11.2. The molecule has 104 valence electrons. The Bertz CT molecular complexity index is 538. The van der Waals surface area contributed by atoms with Crippen molar-refractivity contribution in [3.63, 3.8) is 0 Å². The minimum atomic E-state index is 0.726. The fraction of sp³-hybridized carbons (Fsp3) is 0.571. The Labute approximate surface area is 114 Å². The Kier molecular flexibility index (Phi) is 4.37. The summed E-state index contributed by atoms with van der Waals surface area (Å²) in [6, 6.07) is 0. The predicted molar refractivity (Wildman–Crippen MR) is 76.0 cm³/mol. The van der Waals surface area contributed by atoms with Crippen LogP contribution in [0.3, 0.4) is 0 Å². The highest BCUT2D eigenvalue weighted by Crippen LogP contribution is 2.14. The number of hydrogen-bond donors (Lipinski definition) is 1. The van der Waals surface area contributed by atoms with Crippen molar-refractivity contribution < 1.29 is 0 Å². The molecule has 2 aromatic heterocycles. The monoisotopic (exact) mass is 261 g/mol. The van der Waals surface area contributed by atoms with Crippen LogP contribution in [0, 0.1) is 13.8 Å². The van der Waals surface area contributed by atoms with Gasteiger partial charge in [0.25, 0.3) is 0 Å². The topological polar surface area (TPSA) is 47.7 Å². The maximum Gasteiger partial charge on any atom is 0.130 e. The molecule has 0 saturated carbocycles. The van der Waals surface area contributed by atoms with E-state index < -0.39 is 0 Å². The van der Waals surface area contributed by atoms with Crippen LogP contribution >= 0.6 is 0 Å². The van der Waals surface area contributed by atoms with Crippen LogP contribution in [0.5, 0.6) is 0 Å². The maximum absolute atomic E-state index is 4.63. The molecule has 0 saturated heterocycles. The maximum atomic E-state index is 4.63. The lowest BCUT2D eigenvalue weighted by Crippen LogP contribution is -2.15. The number of aryl methyl sites for hydroxylation is 2. The molecule has 0 spiro atoms. The molecule has 0 unspecified atom stereocenters. The van der Waals surface area contributed by atoms with E-state index in [1.165, 1.54) is 11.3 Å². The average Bonchev–Trinajstić information content (AvgIpc) is 2.89. The molecule has 2 rings (SSSR count). The van der Waals surface area contributed by atoms with Gasteiger partial charge in [0.15, 0.2) is 0 Å². The molecule has 1 N–H and O–H groups in total. The zero-order valence-corrected chi connectivity index (χ0v) is 12.3. The summed E-state index contributed by atoms with van der Waals surface area (Å²) in [7, 11) is 2.01. The van der Waals surface area contributed by atoms with E-state index in [9.17, 15) is 0 Å². The highest BCUT2D eigenvalue weighted by molar-refractivity contribution is 5.24. The van der Waals surface area contributed by atoms with E-state index in [-0.39, 0.29) is 0 Å². The van der Waals surface area contributed by atoms with Crippen molar-refractivity contribution in [2.24, 2.45) is 7.05 Å². The molecule has 0 amide bonds. The molecule has 19 heavy (non-hydrogen) atoms. The lowest BCUT2D eigenvalue weighted by atomic mass is 10.2. The van der Waals surface area contributed by atoms with E-state index in [1.807, 2.05) is 28.7 Å². The van der Waals surface area contributed by atoms with Crippen LogP contribution < -0.4 is 5.32 Å². The van der Waals surface area contributed by atoms with Crippen molar-refractivity contribution in [3.05, 3.63) is 35.2 Å². The summed E-state index contributed by atoms with van der Waals surface area (Å²) in [6.45, 7) is 9.05. The summed E-state index contributed by atoms with van der Waals surface area (Å²) in [5.74, 6) is 1.03. The summed E-state index contributed by atoms with van der Waals surface area (Å²) in [6.07, 6.45) is 4.94. The molecule has 2 aromatic rings. The molecule has 0 aliphatic heterocycles. The second-order valence-corrected chi connectivity index (χ2v) is 4.94. The standard InChI is InChI=1S/C14H23N5/c1-5-6-15-9-13-11(2)17-19(12(13)3)10-14-16-7-8-18(14)4/h7-8,15H,5-6,9-10H2,1-4H3. The van der Waals surface area contributed by atoms with Gasteiger partial charge in [-0.3, -0.25) is 4.68 Å². The number of nitrogens with zero attached hydrogens (tertiary/aromatic N) is 4. The third-order valence-corrected chi connectivity index (χ3v) is 3.47. The summed E-state index contributed by atoms with van der Waals surface area (Å²) in [4.78, 5) is 4.35. The van der Waals surface area contributed by atoms with Gasteiger partial charge in [-0.2, -0.15) is 5.10 Å². The first-order valence-electron chi connectivity index (χ1n) is 6.83. The van der Waals surface area contributed by atoms with Crippen molar-refractivity contribution in [1.29, 1.82) is 0 Å². The Morgan fingerprint density at radius 2 is 2.11 bits per heavy atom. The van der Waals surface area contributed by atoms with Crippen LogP contribution in [-0.4, -0.2) is 25.9 Å². The van der Waals surface area contributed by atoms with Crippen LogP contribution in [0.25, 0.3) is 0 Å². The first-order valence-corrected chi connectivity index (χ1v) is 6.83. The zero-order chi connectivity index (χ0) is 13.8. The molecule has 2 heterocycles. The van der Waals surface area contributed by atoms with Crippen LogP contribution in [0.2, 0.25) is 0 Å². The highest BCUT2D eigenvalue weighted by atomic mass is 15.3. The van der Waals surface area contributed by atoms with E-state index in [4.69, 9.17) is 0 Å². The number of rotatable bonds is 6. The number of imidazole rings is 1. The van der Waals surface area contributed by atoms with Gasteiger partial charge in [0.1, 0.15) is 5.82 Å². The fourth-order valence-corrected chi connectivity index (χ4v) is 2.22. The van der Waals surface area contributed by atoms with Crippen LogP contribution in [-0.2, 0) is 20.1 Å². The molecular formula is C14H23N5. The van der Waals surface area contributed by atoms with Gasteiger partial charge < -0.3 is 9.88 Å². The minimum Gasteiger partial charge on any atom is -0.336 e. The van der Waals surface area contributed by atoms with Crippen molar-refractivity contribution in [3.8, 4) is 0 Å². The van der Waals surface area contributed by atoms with Crippen LogP contribution in [0.4, 0.5) is 0 Å². The third-order valence-electron chi connectivity index (χ3n) is 3.47. The second-order valence-electron chi connectivity index (χ2n) is 4.94. The summed E-state index contributed by atoms with van der Waals surface area (Å²) in [5.41, 5.74) is 3.64. The van der Waals surface area contributed by atoms with E-state index in [2.05, 4.69) is 36.2 Å². The molecule has 0 aliphatic rings. The van der Waals surface area contributed by atoms with E-state index in [1.54, 1.807) is 0 Å². The molecule has 0 atom stereocenters. The van der Waals surface area contributed by atoms with Crippen molar-refractivity contribution >= 4 is 0 Å². The minimum absolute atomic E-state index is 0.726. The fourth-order valence-electron chi connectivity index (χ4n) is 2.22. The number of hydrogen-bond acceptors (Lipinski definition) is 3. The Morgan fingerprint density at radius 3 is 2.74 bits per heavy atom. The van der Waals surface area contributed by atoms with Gasteiger partial charge in [-0.1, -0.05) is 6.92 Å². The van der Waals surface area contributed by atoms with Gasteiger partial charge in [0.05, 0.1) is 12.2 Å². The summed E-state index contributed by atoms with van der Waals surface area (Å²) in [5, 5.41) is 8.07. The molecule has 0 aromatic carbocycles. The molecule has 5 nitrogen and oxygen atoms in total. The molecule has 0 bridgehead atoms. The Balaban J connectivity index is 2.14. The van der Waals surface area contributed by atoms with Crippen molar-refractivity contribution in [2.45, 2.75) is 40.3 Å². The summed E-state index contributed by atoms with van der Waals surface area (Å²) < 4.78 is 4.08. The van der Waals surface area contributed by atoms with Gasteiger partial charge in [-0.05, 0) is 26.8 Å². The van der Waals surface area contributed by atoms with E-state index >= 15 is 0 Å². The lowest BCUT2D eigenvalue weighted by Gasteiger charge is -2.06. The van der Waals surface area contributed by atoms with Gasteiger partial charge in [-0.15, -0.1) is 0 Å². The van der Waals surface area contributed by atoms with Gasteiger partial charge in [0.2, 0.25) is 0 Å². The van der Waals surface area contributed by atoms with Gasteiger partial charge in [0, 0.05) is 37.2 Å². The first kappa shape index (κ1) is 13.8. The van der Waals surface area contributed by atoms with Crippen LogP contribution in [0.15, 0.2) is 12.4 Å². The quantitative estimate of drug-likeness (QED) is 0.806. The number of nitrogens with one attached hydrogen (secondary N) is 1. The molecule has 0 aliphatic carbocycles. The number of aromatic nitrogens is 4. The predicted octanol–water partition coefficient (Wildman–Crippen LogP) is 1.78. The van der Waals surface area contributed by atoms with Crippen molar-refractivity contribution in [2.75, 3.05) is 6.54 Å². The lowest BCUT2D eigenvalue weighted by molar-refractivity contribution is 0.610. The van der Waals surface area contributed by atoms with Crippen LogP contribution in [0.1, 0.15) is 36.1 Å². The molecule has 5 heteroatoms. The van der Waals surface area contributed by atoms with Crippen molar-refractivity contribution in [1.82, 2.24) is 24.6 Å². The first-order chi connectivity index (χ1) is 9.13. The van der Waals surface area contributed by atoms with Gasteiger partial charge >= 0.3 is 0 Å². The smallest absolute Gasteiger partial charge is 0.130 e. The molecular weight excluding hydrogens is 238 g/mol. The van der Waals surface area contributed by atoms with E-state index in [0.29, 0.717) is 0 Å². The van der Waals surface area contributed by atoms with Gasteiger partial charge in [-0.25, -0.2) is 4.98 Å². The molecule has 0 radical (unpaired) electrons. The largest absolute Gasteiger partial charge is 0.336 e.